The van der Waals surface area contributed by atoms with E-state index in [-0.39, 0.29) is 24.4 Å². The van der Waals surface area contributed by atoms with Gasteiger partial charge in [0.25, 0.3) is 0 Å². The highest BCUT2D eigenvalue weighted by Gasteiger charge is 2.35. The minimum Gasteiger partial charge on any atom is -0.508 e. The number of rotatable bonds is 7. The second kappa shape index (κ2) is 8.68. The molecule has 1 aromatic heterocycles. The van der Waals surface area contributed by atoms with E-state index in [9.17, 15) is 9.90 Å². The summed E-state index contributed by atoms with van der Waals surface area (Å²) in [4.78, 5) is 15.5. The molecule has 2 aromatic carbocycles. The molecule has 1 aliphatic carbocycles. The van der Waals surface area contributed by atoms with Gasteiger partial charge in [-0.1, -0.05) is 23.2 Å². The topological polar surface area (TPSA) is 88.9 Å². The summed E-state index contributed by atoms with van der Waals surface area (Å²) in [5.41, 5.74) is 1.89. The Morgan fingerprint density at radius 3 is 2.47 bits per heavy atom. The zero-order valence-corrected chi connectivity index (χ0v) is 17.4. The van der Waals surface area contributed by atoms with E-state index in [1.54, 1.807) is 42.5 Å². The first-order chi connectivity index (χ1) is 14.4. The third-order valence-electron chi connectivity index (χ3n) is 5.13. The molecule has 8 heteroatoms. The first-order valence-electron chi connectivity index (χ1n) is 9.47. The van der Waals surface area contributed by atoms with Gasteiger partial charge in [0.05, 0.1) is 34.2 Å². The molecule has 1 aliphatic rings. The lowest BCUT2D eigenvalue weighted by Gasteiger charge is -2.32. The van der Waals surface area contributed by atoms with Gasteiger partial charge in [0.15, 0.2) is 0 Å². The summed E-state index contributed by atoms with van der Waals surface area (Å²) in [5, 5.41) is 20.2. The van der Waals surface area contributed by atoms with Gasteiger partial charge in [-0.2, -0.15) is 0 Å². The molecule has 0 amide bonds. The molecule has 156 valence electrons. The Hall–Kier alpha value is -2.54. The van der Waals surface area contributed by atoms with Crippen LogP contribution in [0.2, 0.25) is 10.0 Å². The molecule has 0 atom stereocenters. The number of carbonyl (C=O) groups is 1. The van der Waals surface area contributed by atoms with Gasteiger partial charge in [0.2, 0.25) is 0 Å². The third kappa shape index (κ3) is 4.31. The van der Waals surface area contributed by atoms with Gasteiger partial charge < -0.3 is 19.7 Å². The Morgan fingerprint density at radius 2 is 1.77 bits per heavy atom. The van der Waals surface area contributed by atoms with E-state index in [2.05, 4.69) is 4.98 Å². The molecule has 0 saturated heterocycles. The van der Waals surface area contributed by atoms with Crippen molar-refractivity contribution in [2.45, 2.75) is 18.9 Å². The molecule has 1 saturated carbocycles. The van der Waals surface area contributed by atoms with Crippen molar-refractivity contribution in [3.05, 3.63) is 52.5 Å². The minimum atomic E-state index is -0.776. The zero-order chi connectivity index (χ0) is 21.3. The van der Waals surface area contributed by atoms with Gasteiger partial charge in [-0.25, -0.2) is 4.98 Å². The maximum absolute atomic E-state index is 10.9. The number of aromatic nitrogens is 1. The SMILES string of the molecule is O=C(O)C1CC(OCCOc2cc3c(Cl)ccc(Cl)c3nc2-c2ccc(O)cc2)C1. The monoisotopic (exact) mass is 447 g/mol. The molecule has 0 bridgehead atoms. The highest BCUT2D eigenvalue weighted by atomic mass is 35.5. The molecule has 6 nitrogen and oxygen atoms in total. The Kier molecular flexibility index (Phi) is 5.99. The number of nitrogens with zero attached hydrogens (tertiary/aromatic N) is 1. The number of benzene rings is 2. The molecular weight excluding hydrogens is 429 g/mol. The molecule has 3 aromatic rings. The highest BCUT2D eigenvalue weighted by Crippen LogP contribution is 2.37. The Bertz CT molecular complexity index is 1080. The van der Waals surface area contributed by atoms with Crippen molar-refractivity contribution in [1.82, 2.24) is 4.98 Å². The first kappa shape index (κ1) is 20.7. The van der Waals surface area contributed by atoms with Gasteiger partial charge in [-0.3, -0.25) is 4.79 Å². The number of ether oxygens (including phenoxy) is 2. The summed E-state index contributed by atoms with van der Waals surface area (Å²) in [6.45, 7) is 0.595. The number of fused-ring (bicyclic) bond motifs is 1. The number of carboxylic acids is 1. The summed E-state index contributed by atoms with van der Waals surface area (Å²) >= 11 is 12.6. The van der Waals surface area contributed by atoms with Gasteiger partial charge in [-0.05, 0) is 55.3 Å². The van der Waals surface area contributed by atoms with Gasteiger partial charge >= 0.3 is 5.97 Å². The van der Waals surface area contributed by atoms with E-state index in [0.717, 1.165) is 5.56 Å². The minimum absolute atomic E-state index is 0.0470. The second-order valence-electron chi connectivity index (χ2n) is 7.16. The fourth-order valence-electron chi connectivity index (χ4n) is 3.38. The first-order valence-corrected chi connectivity index (χ1v) is 10.2. The van der Waals surface area contributed by atoms with Crippen LogP contribution in [0.15, 0.2) is 42.5 Å². The maximum atomic E-state index is 10.9. The lowest BCUT2D eigenvalue weighted by molar-refractivity contribution is -0.151. The van der Waals surface area contributed by atoms with E-state index >= 15 is 0 Å². The molecule has 0 aliphatic heterocycles. The van der Waals surface area contributed by atoms with Crippen molar-refractivity contribution in [1.29, 1.82) is 0 Å². The summed E-state index contributed by atoms with van der Waals surface area (Å²) in [6, 6.07) is 11.8. The average molecular weight is 448 g/mol. The molecule has 2 N–H and O–H groups in total. The number of hydrogen-bond donors (Lipinski definition) is 2. The number of halogens is 2. The average Bonchev–Trinajstić information content (AvgIpc) is 2.69. The fraction of sp³-hybridized carbons (Fsp3) is 0.273. The second-order valence-corrected chi connectivity index (χ2v) is 7.97. The van der Waals surface area contributed by atoms with Crippen LogP contribution in [0.4, 0.5) is 0 Å². The van der Waals surface area contributed by atoms with Crippen molar-refractivity contribution in [2.24, 2.45) is 5.92 Å². The van der Waals surface area contributed by atoms with Crippen LogP contribution >= 0.6 is 23.2 Å². The normalized spacial score (nSPS) is 18.2. The maximum Gasteiger partial charge on any atom is 0.306 e. The van der Waals surface area contributed by atoms with E-state index < -0.39 is 5.97 Å². The molecule has 0 spiro atoms. The molecular formula is C22H19Cl2NO5. The number of hydrogen-bond acceptors (Lipinski definition) is 5. The number of carboxylic acid groups (broad SMARTS) is 1. The lowest BCUT2D eigenvalue weighted by Crippen LogP contribution is -2.37. The molecule has 1 fully saturated rings. The number of aromatic hydroxyl groups is 1. The van der Waals surface area contributed by atoms with Crippen LogP contribution < -0.4 is 4.74 Å². The van der Waals surface area contributed by atoms with Crippen molar-refractivity contribution in [3.8, 4) is 22.8 Å². The smallest absolute Gasteiger partial charge is 0.306 e. The summed E-state index contributed by atoms with van der Waals surface area (Å²) in [5.74, 6) is -0.425. The van der Waals surface area contributed by atoms with Crippen molar-refractivity contribution in [2.75, 3.05) is 13.2 Å². The molecule has 0 radical (unpaired) electrons. The Balaban J connectivity index is 1.54. The quantitative estimate of drug-likeness (QED) is 0.485. The van der Waals surface area contributed by atoms with Crippen LogP contribution in [-0.4, -0.2) is 40.5 Å². The number of phenols is 1. The highest BCUT2D eigenvalue weighted by molar-refractivity contribution is 6.39. The Morgan fingerprint density at radius 1 is 1.07 bits per heavy atom. The number of aliphatic carboxylic acids is 1. The van der Waals surface area contributed by atoms with Gasteiger partial charge in [-0.15, -0.1) is 0 Å². The van der Waals surface area contributed by atoms with Crippen molar-refractivity contribution >= 4 is 40.1 Å². The molecule has 30 heavy (non-hydrogen) atoms. The largest absolute Gasteiger partial charge is 0.508 e. The molecule has 1 heterocycles. The van der Waals surface area contributed by atoms with Crippen LogP contribution in [0.1, 0.15) is 12.8 Å². The summed E-state index contributed by atoms with van der Waals surface area (Å²) in [6.07, 6.45) is 1.01. The summed E-state index contributed by atoms with van der Waals surface area (Å²) in [7, 11) is 0. The Labute approximate surface area is 183 Å². The molecule has 4 rings (SSSR count). The lowest BCUT2D eigenvalue weighted by atomic mass is 9.82. The van der Waals surface area contributed by atoms with Crippen molar-refractivity contribution < 1.29 is 24.5 Å². The fourth-order valence-corrected chi connectivity index (χ4v) is 3.79. The van der Waals surface area contributed by atoms with Crippen LogP contribution in [0.3, 0.4) is 0 Å². The van der Waals surface area contributed by atoms with E-state index in [0.29, 0.717) is 51.8 Å². The predicted octanol–water partition coefficient (Wildman–Crippen LogP) is 5.17. The number of phenolic OH excluding ortho intramolecular Hbond substituents is 1. The predicted molar refractivity (Wildman–Crippen MR) is 114 cm³/mol. The molecule has 0 unspecified atom stereocenters. The van der Waals surface area contributed by atoms with Gasteiger partial charge in [0.1, 0.15) is 23.8 Å². The van der Waals surface area contributed by atoms with Crippen LogP contribution in [0.5, 0.6) is 11.5 Å². The van der Waals surface area contributed by atoms with Crippen molar-refractivity contribution in [3.63, 3.8) is 0 Å². The zero-order valence-electron chi connectivity index (χ0n) is 15.8. The van der Waals surface area contributed by atoms with Crippen LogP contribution in [0, 0.1) is 5.92 Å². The van der Waals surface area contributed by atoms with Crippen LogP contribution in [-0.2, 0) is 9.53 Å². The van der Waals surface area contributed by atoms with Gasteiger partial charge in [0, 0.05) is 10.9 Å². The number of pyridine rings is 1. The van der Waals surface area contributed by atoms with Crippen LogP contribution in [0.25, 0.3) is 22.2 Å². The third-order valence-corrected chi connectivity index (χ3v) is 5.76. The standard InChI is InChI=1S/C22H19Cl2NO5/c23-17-5-6-18(24)21-16(17)11-19(20(25-21)12-1-3-14(26)4-2-12)30-8-7-29-15-9-13(10-15)22(27)28/h1-6,11,13,15,26H,7-10H2,(H,27,28). The van der Waals surface area contributed by atoms with E-state index in [1.165, 1.54) is 0 Å². The summed E-state index contributed by atoms with van der Waals surface area (Å²) < 4.78 is 11.6. The van der Waals surface area contributed by atoms with E-state index in [1.807, 2.05) is 0 Å². The van der Waals surface area contributed by atoms with E-state index in [4.69, 9.17) is 37.8 Å².